The Bertz CT molecular complexity index is 517. The second-order valence-corrected chi connectivity index (χ2v) is 5.30. The van der Waals surface area contributed by atoms with Gasteiger partial charge in [0.2, 0.25) is 5.91 Å². The predicted molar refractivity (Wildman–Crippen MR) is 85.8 cm³/mol. The largest absolute Gasteiger partial charge is 0.494 e. The molecule has 0 aliphatic carbocycles. The zero-order valence-electron chi connectivity index (χ0n) is 13.8. The molecule has 122 valence electrons. The molecular formula is C16H25N3O3. The Morgan fingerprint density at radius 2 is 1.91 bits per heavy atom. The molecule has 6 nitrogen and oxygen atoms in total. The van der Waals surface area contributed by atoms with Gasteiger partial charge in [-0.3, -0.25) is 4.79 Å². The van der Waals surface area contributed by atoms with Gasteiger partial charge in [-0.2, -0.15) is 0 Å². The van der Waals surface area contributed by atoms with Gasteiger partial charge < -0.3 is 20.3 Å². The van der Waals surface area contributed by atoms with Crippen LogP contribution in [0.25, 0.3) is 0 Å². The quantitative estimate of drug-likeness (QED) is 0.843. The van der Waals surface area contributed by atoms with Crippen LogP contribution in [-0.2, 0) is 4.79 Å². The second-order valence-electron chi connectivity index (χ2n) is 5.30. The minimum atomic E-state index is -0.572. The highest BCUT2D eigenvalue weighted by Crippen LogP contribution is 2.19. The number of benzene rings is 1. The maximum atomic E-state index is 12.0. The lowest BCUT2D eigenvalue weighted by atomic mass is 10.1. The van der Waals surface area contributed by atoms with Gasteiger partial charge in [-0.25, -0.2) is 4.79 Å². The highest BCUT2D eigenvalue weighted by molar-refractivity contribution is 5.86. The van der Waals surface area contributed by atoms with Gasteiger partial charge in [-0.05, 0) is 38.5 Å². The highest BCUT2D eigenvalue weighted by atomic mass is 16.5. The zero-order valence-corrected chi connectivity index (χ0v) is 13.8. The molecule has 0 saturated heterocycles. The van der Waals surface area contributed by atoms with Crippen molar-refractivity contribution in [3.8, 4) is 5.75 Å². The Hall–Kier alpha value is -2.24. The summed E-state index contributed by atoms with van der Waals surface area (Å²) in [6.45, 7) is 6.05. The summed E-state index contributed by atoms with van der Waals surface area (Å²) in [7, 11) is 3.31. The highest BCUT2D eigenvalue weighted by Gasteiger charge is 2.18. The average molecular weight is 307 g/mol. The van der Waals surface area contributed by atoms with Crippen molar-refractivity contribution in [2.75, 3.05) is 20.7 Å². The van der Waals surface area contributed by atoms with Gasteiger partial charge in [0.15, 0.2) is 0 Å². The SMILES string of the molecule is CCOc1cccc(C(C)NC(=O)NC(C)C(=O)N(C)C)c1. The summed E-state index contributed by atoms with van der Waals surface area (Å²) in [5.41, 5.74) is 0.938. The van der Waals surface area contributed by atoms with E-state index in [9.17, 15) is 9.59 Å². The average Bonchev–Trinajstić information content (AvgIpc) is 2.46. The van der Waals surface area contributed by atoms with E-state index in [1.165, 1.54) is 4.90 Å². The van der Waals surface area contributed by atoms with Crippen LogP contribution in [0.2, 0.25) is 0 Å². The number of likely N-dealkylation sites (N-methyl/N-ethyl adjacent to an activating group) is 1. The predicted octanol–water partition coefficient (Wildman–Crippen LogP) is 1.92. The topological polar surface area (TPSA) is 70.7 Å². The van der Waals surface area contributed by atoms with E-state index < -0.39 is 6.04 Å². The van der Waals surface area contributed by atoms with E-state index in [1.54, 1.807) is 21.0 Å². The maximum Gasteiger partial charge on any atom is 0.315 e. The summed E-state index contributed by atoms with van der Waals surface area (Å²) in [5, 5.41) is 5.44. The number of carbonyl (C=O) groups is 2. The van der Waals surface area contributed by atoms with Crippen molar-refractivity contribution >= 4 is 11.9 Å². The molecule has 0 bridgehead atoms. The van der Waals surface area contributed by atoms with E-state index in [0.29, 0.717) is 6.61 Å². The monoisotopic (exact) mass is 307 g/mol. The molecule has 2 N–H and O–H groups in total. The molecule has 6 heteroatoms. The van der Waals surface area contributed by atoms with Gasteiger partial charge in [0, 0.05) is 14.1 Å². The number of rotatable bonds is 6. The third-order valence-electron chi connectivity index (χ3n) is 3.18. The molecule has 0 heterocycles. The van der Waals surface area contributed by atoms with Gasteiger partial charge in [0.1, 0.15) is 11.8 Å². The number of amides is 3. The van der Waals surface area contributed by atoms with E-state index in [1.807, 2.05) is 38.1 Å². The molecule has 0 aliphatic rings. The minimum absolute atomic E-state index is 0.152. The molecule has 2 unspecified atom stereocenters. The number of nitrogens with one attached hydrogen (secondary N) is 2. The molecule has 22 heavy (non-hydrogen) atoms. The third kappa shape index (κ3) is 5.27. The number of ether oxygens (including phenoxy) is 1. The molecule has 1 aromatic carbocycles. The summed E-state index contributed by atoms with van der Waals surface area (Å²) in [6.07, 6.45) is 0. The number of urea groups is 1. The maximum absolute atomic E-state index is 12.0. The Balaban J connectivity index is 2.60. The minimum Gasteiger partial charge on any atom is -0.494 e. The van der Waals surface area contributed by atoms with Gasteiger partial charge in [-0.1, -0.05) is 12.1 Å². The third-order valence-corrected chi connectivity index (χ3v) is 3.18. The van der Waals surface area contributed by atoms with E-state index >= 15 is 0 Å². The molecule has 3 amide bonds. The molecule has 2 atom stereocenters. The van der Waals surface area contributed by atoms with Crippen LogP contribution in [0, 0.1) is 0 Å². The van der Waals surface area contributed by atoms with Crippen LogP contribution in [0.5, 0.6) is 5.75 Å². The van der Waals surface area contributed by atoms with Crippen LogP contribution in [0.3, 0.4) is 0 Å². The number of hydrogen-bond acceptors (Lipinski definition) is 3. The van der Waals surface area contributed by atoms with Crippen LogP contribution in [-0.4, -0.2) is 43.6 Å². The van der Waals surface area contributed by atoms with E-state index in [0.717, 1.165) is 11.3 Å². The summed E-state index contributed by atoms with van der Waals surface area (Å²) >= 11 is 0. The van der Waals surface area contributed by atoms with Gasteiger partial charge >= 0.3 is 6.03 Å². The van der Waals surface area contributed by atoms with Crippen LogP contribution in [0.4, 0.5) is 4.79 Å². The Kier molecular flexibility index (Phi) is 6.69. The Morgan fingerprint density at radius 3 is 2.50 bits per heavy atom. The van der Waals surface area contributed by atoms with E-state index in [2.05, 4.69) is 10.6 Å². The fraction of sp³-hybridized carbons (Fsp3) is 0.500. The van der Waals surface area contributed by atoms with E-state index in [-0.39, 0.29) is 18.0 Å². The van der Waals surface area contributed by atoms with Crippen molar-refractivity contribution in [2.24, 2.45) is 0 Å². The standard InChI is InChI=1S/C16H25N3O3/c1-6-22-14-9-7-8-13(10-14)11(2)17-16(21)18-12(3)15(20)19(4)5/h7-12H,6H2,1-5H3,(H2,17,18,21). The molecule has 0 spiro atoms. The van der Waals surface area contributed by atoms with E-state index in [4.69, 9.17) is 4.74 Å². The molecule has 0 aliphatic heterocycles. The first-order valence-electron chi connectivity index (χ1n) is 7.36. The lowest BCUT2D eigenvalue weighted by Gasteiger charge is -2.20. The van der Waals surface area contributed by atoms with Crippen molar-refractivity contribution in [3.05, 3.63) is 29.8 Å². The first kappa shape index (κ1) is 17.8. The first-order chi connectivity index (χ1) is 10.3. The Morgan fingerprint density at radius 1 is 1.23 bits per heavy atom. The molecule has 0 saturated carbocycles. The Labute approximate surface area is 131 Å². The fourth-order valence-electron chi connectivity index (χ4n) is 2.01. The summed E-state index contributed by atoms with van der Waals surface area (Å²) < 4.78 is 5.45. The van der Waals surface area contributed by atoms with Gasteiger partial charge in [0.05, 0.1) is 12.6 Å². The van der Waals surface area contributed by atoms with Crippen LogP contribution < -0.4 is 15.4 Å². The smallest absolute Gasteiger partial charge is 0.315 e. The lowest BCUT2D eigenvalue weighted by Crippen LogP contribution is -2.48. The van der Waals surface area contributed by atoms with Crippen molar-refractivity contribution in [3.63, 3.8) is 0 Å². The van der Waals surface area contributed by atoms with Crippen molar-refractivity contribution < 1.29 is 14.3 Å². The second kappa shape index (κ2) is 8.26. The number of carbonyl (C=O) groups excluding carboxylic acids is 2. The summed E-state index contributed by atoms with van der Waals surface area (Å²) in [6, 6.07) is 6.42. The molecular weight excluding hydrogens is 282 g/mol. The van der Waals surface area contributed by atoms with Crippen molar-refractivity contribution in [1.29, 1.82) is 0 Å². The molecule has 1 aromatic rings. The summed E-state index contributed by atoms with van der Waals surface area (Å²) in [4.78, 5) is 25.1. The first-order valence-corrected chi connectivity index (χ1v) is 7.36. The zero-order chi connectivity index (χ0) is 16.7. The van der Waals surface area contributed by atoms with Gasteiger partial charge in [0.25, 0.3) is 0 Å². The lowest BCUT2D eigenvalue weighted by molar-refractivity contribution is -0.130. The molecule has 1 rings (SSSR count). The van der Waals surface area contributed by atoms with Crippen molar-refractivity contribution in [1.82, 2.24) is 15.5 Å². The summed E-state index contributed by atoms with van der Waals surface area (Å²) in [5.74, 6) is 0.617. The van der Waals surface area contributed by atoms with Crippen LogP contribution in [0.1, 0.15) is 32.4 Å². The van der Waals surface area contributed by atoms with Crippen LogP contribution in [0.15, 0.2) is 24.3 Å². The normalized spacial score (nSPS) is 13.0. The molecule has 0 aromatic heterocycles. The van der Waals surface area contributed by atoms with Crippen LogP contribution >= 0.6 is 0 Å². The number of nitrogens with zero attached hydrogens (tertiary/aromatic N) is 1. The number of hydrogen-bond donors (Lipinski definition) is 2. The molecule has 0 radical (unpaired) electrons. The van der Waals surface area contributed by atoms with Gasteiger partial charge in [-0.15, -0.1) is 0 Å². The fourth-order valence-corrected chi connectivity index (χ4v) is 2.01. The van der Waals surface area contributed by atoms with Crippen molar-refractivity contribution in [2.45, 2.75) is 32.9 Å². The molecule has 0 fully saturated rings.